The molecule has 1 heterocycles. The third-order valence-electron chi connectivity index (χ3n) is 2.20. The van der Waals surface area contributed by atoms with E-state index in [9.17, 15) is 0 Å². The standard InChI is InChI=1S/C10H17N3/c1-8(11-3)7-10-9(2)12-5-6-13(10)4/h7,11H,1,5-6H2,2-4H3/b10-7-. The number of hydrogen-bond acceptors (Lipinski definition) is 3. The molecular weight excluding hydrogens is 162 g/mol. The van der Waals surface area contributed by atoms with E-state index < -0.39 is 0 Å². The number of nitrogens with zero attached hydrogens (tertiary/aromatic N) is 2. The van der Waals surface area contributed by atoms with Gasteiger partial charge in [0.2, 0.25) is 0 Å². The van der Waals surface area contributed by atoms with Gasteiger partial charge in [-0.05, 0) is 13.0 Å². The lowest BCUT2D eigenvalue weighted by atomic mass is 10.2. The SMILES string of the molecule is C=C(/C=C1/C(C)=NCCN1C)NC. The lowest BCUT2D eigenvalue weighted by Gasteiger charge is -2.26. The van der Waals surface area contributed by atoms with Crippen molar-refractivity contribution in [3.05, 3.63) is 24.0 Å². The van der Waals surface area contributed by atoms with Crippen LogP contribution >= 0.6 is 0 Å². The molecule has 0 spiro atoms. The smallest absolute Gasteiger partial charge is 0.0596 e. The van der Waals surface area contributed by atoms with Gasteiger partial charge in [0.15, 0.2) is 0 Å². The van der Waals surface area contributed by atoms with E-state index in [0.717, 1.165) is 30.2 Å². The topological polar surface area (TPSA) is 27.6 Å². The number of likely N-dealkylation sites (N-methyl/N-ethyl adjacent to an activating group) is 2. The molecule has 13 heavy (non-hydrogen) atoms. The Morgan fingerprint density at radius 3 is 2.92 bits per heavy atom. The van der Waals surface area contributed by atoms with Gasteiger partial charge < -0.3 is 10.2 Å². The van der Waals surface area contributed by atoms with Gasteiger partial charge in [0.05, 0.1) is 18.0 Å². The number of rotatable bonds is 2. The molecule has 0 aliphatic carbocycles. The second-order valence-corrected chi connectivity index (χ2v) is 3.19. The first-order chi connectivity index (χ1) is 6.15. The first-order valence-electron chi connectivity index (χ1n) is 4.46. The number of hydrogen-bond donors (Lipinski definition) is 1. The molecule has 1 aliphatic rings. The van der Waals surface area contributed by atoms with Crippen molar-refractivity contribution in [3.63, 3.8) is 0 Å². The van der Waals surface area contributed by atoms with E-state index in [0.29, 0.717) is 0 Å². The van der Waals surface area contributed by atoms with Crippen LogP contribution in [0.1, 0.15) is 6.92 Å². The fourth-order valence-electron chi connectivity index (χ4n) is 1.30. The van der Waals surface area contributed by atoms with Crippen LogP contribution in [-0.4, -0.2) is 37.8 Å². The minimum atomic E-state index is 0.895. The Balaban J connectivity index is 2.86. The third kappa shape index (κ3) is 2.34. The molecule has 0 aromatic carbocycles. The van der Waals surface area contributed by atoms with Gasteiger partial charge in [0.1, 0.15) is 0 Å². The summed E-state index contributed by atoms with van der Waals surface area (Å²) in [6.45, 7) is 7.78. The molecule has 0 fully saturated rings. The Bertz CT molecular complexity index is 263. The van der Waals surface area contributed by atoms with Gasteiger partial charge in [-0.25, -0.2) is 0 Å². The van der Waals surface area contributed by atoms with E-state index in [2.05, 4.69) is 28.8 Å². The van der Waals surface area contributed by atoms with Crippen molar-refractivity contribution < 1.29 is 0 Å². The van der Waals surface area contributed by atoms with Crippen molar-refractivity contribution in [2.45, 2.75) is 6.92 Å². The third-order valence-corrected chi connectivity index (χ3v) is 2.20. The van der Waals surface area contributed by atoms with E-state index in [-0.39, 0.29) is 0 Å². The maximum atomic E-state index is 4.39. The summed E-state index contributed by atoms with van der Waals surface area (Å²) in [5.41, 5.74) is 3.16. The summed E-state index contributed by atoms with van der Waals surface area (Å²) in [4.78, 5) is 6.59. The Kier molecular flexibility index (Phi) is 3.12. The molecule has 0 atom stereocenters. The van der Waals surface area contributed by atoms with Gasteiger partial charge in [-0.1, -0.05) is 6.58 Å². The second kappa shape index (κ2) is 4.12. The summed E-state index contributed by atoms with van der Waals surface area (Å²) < 4.78 is 0. The Labute approximate surface area is 79.8 Å². The van der Waals surface area contributed by atoms with E-state index in [1.54, 1.807) is 0 Å². The average Bonchev–Trinajstić information content (AvgIpc) is 2.11. The monoisotopic (exact) mass is 179 g/mol. The molecule has 0 saturated carbocycles. The molecule has 0 amide bonds. The van der Waals surface area contributed by atoms with Crippen LogP contribution in [0.25, 0.3) is 0 Å². The molecular formula is C10H17N3. The van der Waals surface area contributed by atoms with Crippen molar-refractivity contribution in [2.75, 3.05) is 27.2 Å². The Morgan fingerprint density at radius 2 is 2.38 bits per heavy atom. The van der Waals surface area contributed by atoms with Gasteiger partial charge in [-0.3, -0.25) is 4.99 Å². The number of aliphatic imine (C=N–C) groups is 1. The van der Waals surface area contributed by atoms with Crippen LogP contribution in [0.3, 0.4) is 0 Å². The second-order valence-electron chi connectivity index (χ2n) is 3.19. The number of nitrogens with one attached hydrogen (secondary N) is 1. The highest BCUT2D eigenvalue weighted by atomic mass is 15.1. The molecule has 1 N–H and O–H groups in total. The molecule has 0 aromatic heterocycles. The Morgan fingerprint density at radius 1 is 1.69 bits per heavy atom. The highest BCUT2D eigenvalue weighted by Crippen LogP contribution is 2.10. The van der Waals surface area contributed by atoms with Crippen LogP contribution in [0.5, 0.6) is 0 Å². The van der Waals surface area contributed by atoms with E-state index in [4.69, 9.17) is 0 Å². The zero-order chi connectivity index (χ0) is 9.84. The van der Waals surface area contributed by atoms with Gasteiger partial charge in [-0.2, -0.15) is 0 Å². The van der Waals surface area contributed by atoms with E-state index in [1.807, 2.05) is 20.0 Å². The average molecular weight is 179 g/mol. The van der Waals surface area contributed by atoms with Crippen LogP contribution in [0, 0.1) is 0 Å². The van der Waals surface area contributed by atoms with Crippen molar-refractivity contribution in [2.24, 2.45) is 4.99 Å². The summed E-state index contributed by atoms with van der Waals surface area (Å²) in [7, 11) is 3.95. The largest absolute Gasteiger partial charge is 0.389 e. The van der Waals surface area contributed by atoms with Crippen molar-refractivity contribution in [1.82, 2.24) is 10.2 Å². The van der Waals surface area contributed by atoms with Crippen molar-refractivity contribution in [1.29, 1.82) is 0 Å². The van der Waals surface area contributed by atoms with Gasteiger partial charge >= 0.3 is 0 Å². The first-order valence-corrected chi connectivity index (χ1v) is 4.46. The zero-order valence-electron chi connectivity index (χ0n) is 8.59. The van der Waals surface area contributed by atoms with Crippen LogP contribution < -0.4 is 5.32 Å². The maximum Gasteiger partial charge on any atom is 0.0596 e. The summed E-state index contributed by atoms with van der Waals surface area (Å²) in [6, 6.07) is 0. The minimum Gasteiger partial charge on any atom is -0.389 e. The lowest BCUT2D eigenvalue weighted by Crippen LogP contribution is -2.30. The van der Waals surface area contributed by atoms with Crippen molar-refractivity contribution >= 4 is 5.71 Å². The summed E-state index contributed by atoms with van der Waals surface area (Å²) in [6.07, 6.45) is 2.03. The van der Waals surface area contributed by atoms with Gasteiger partial charge in [-0.15, -0.1) is 0 Å². The number of allylic oxidation sites excluding steroid dienone is 2. The Hall–Kier alpha value is -1.25. The van der Waals surface area contributed by atoms with E-state index >= 15 is 0 Å². The predicted molar refractivity (Wildman–Crippen MR) is 56.9 cm³/mol. The fraction of sp³-hybridized carbons (Fsp3) is 0.500. The van der Waals surface area contributed by atoms with Crippen LogP contribution in [0.2, 0.25) is 0 Å². The van der Waals surface area contributed by atoms with Crippen molar-refractivity contribution in [3.8, 4) is 0 Å². The lowest BCUT2D eigenvalue weighted by molar-refractivity contribution is 0.435. The fourth-order valence-corrected chi connectivity index (χ4v) is 1.30. The summed E-state index contributed by atoms with van der Waals surface area (Å²) in [5.74, 6) is 0. The van der Waals surface area contributed by atoms with Gasteiger partial charge in [0, 0.05) is 26.3 Å². The first kappa shape index (κ1) is 9.84. The normalized spacial score (nSPS) is 20.1. The minimum absolute atomic E-state index is 0.895. The maximum absolute atomic E-state index is 4.39. The van der Waals surface area contributed by atoms with Crippen LogP contribution in [0.4, 0.5) is 0 Å². The van der Waals surface area contributed by atoms with Gasteiger partial charge in [0.25, 0.3) is 0 Å². The summed E-state index contributed by atoms with van der Waals surface area (Å²) in [5, 5.41) is 3.00. The molecule has 1 rings (SSSR count). The molecule has 72 valence electrons. The predicted octanol–water partition coefficient (Wildman–Crippen LogP) is 1.01. The summed E-state index contributed by atoms with van der Waals surface area (Å²) >= 11 is 0. The molecule has 0 radical (unpaired) electrons. The molecule has 1 aliphatic heterocycles. The zero-order valence-corrected chi connectivity index (χ0v) is 8.59. The quantitative estimate of drug-likeness (QED) is 0.685. The van der Waals surface area contributed by atoms with E-state index in [1.165, 1.54) is 0 Å². The molecule has 0 aromatic rings. The molecule has 0 unspecified atom stereocenters. The molecule has 3 heteroatoms. The highest BCUT2D eigenvalue weighted by Gasteiger charge is 2.12. The highest BCUT2D eigenvalue weighted by molar-refractivity contribution is 5.98. The van der Waals surface area contributed by atoms with Crippen LogP contribution in [-0.2, 0) is 0 Å². The molecule has 0 saturated heterocycles. The molecule has 0 bridgehead atoms. The molecule has 3 nitrogen and oxygen atoms in total. The van der Waals surface area contributed by atoms with Crippen LogP contribution in [0.15, 0.2) is 29.0 Å².